The molecule has 13 heavy (non-hydrogen) atoms. The van der Waals surface area contributed by atoms with Crippen LogP contribution in [0.5, 0.6) is 0 Å². The molecule has 1 atom stereocenters. The first-order valence-electron chi connectivity index (χ1n) is 5.08. The second-order valence-electron chi connectivity index (χ2n) is 3.97. The first-order valence-corrected chi connectivity index (χ1v) is 5.08. The Kier molecular flexibility index (Phi) is 3.26. The highest BCUT2D eigenvalue weighted by Crippen LogP contribution is 2.27. The van der Waals surface area contributed by atoms with Crippen LogP contribution in [-0.4, -0.2) is 17.9 Å². The van der Waals surface area contributed by atoms with Gasteiger partial charge >= 0.3 is 0 Å². The van der Waals surface area contributed by atoms with E-state index in [1.807, 2.05) is 0 Å². The molecule has 0 aliphatic carbocycles. The number of carbonyl (C=O) groups is 1. The summed E-state index contributed by atoms with van der Waals surface area (Å²) in [5.41, 5.74) is 0.420. The summed E-state index contributed by atoms with van der Waals surface area (Å²) in [7, 11) is 0. The second-order valence-corrected chi connectivity index (χ2v) is 3.97. The van der Waals surface area contributed by atoms with E-state index in [1.165, 1.54) is 0 Å². The normalized spacial score (nSPS) is 27.5. The Morgan fingerprint density at radius 3 is 2.69 bits per heavy atom. The van der Waals surface area contributed by atoms with Crippen LogP contribution in [0.25, 0.3) is 0 Å². The van der Waals surface area contributed by atoms with E-state index in [0.29, 0.717) is 5.57 Å². The predicted molar refractivity (Wildman–Crippen MR) is 54.7 cm³/mol. The van der Waals surface area contributed by atoms with E-state index in [4.69, 9.17) is 0 Å². The van der Waals surface area contributed by atoms with Crippen molar-refractivity contribution in [3.8, 4) is 0 Å². The molecule has 2 nitrogen and oxygen atoms in total. The summed E-state index contributed by atoms with van der Waals surface area (Å²) in [5, 5.41) is 3.34. The molecule has 1 saturated heterocycles. The molecule has 1 aliphatic rings. The zero-order chi connectivity index (χ0) is 9.90. The molecule has 0 aromatic rings. The maximum Gasteiger partial charge on any atom is 0.177 e. The van der Waals surface area contributed by atoms with Crippen molar-refractivity contribution in [1.29, 1.82) is 0 Å². The van der Waals surface area contributed by atoms with Crippen LogP contribution >= 0.6 is 0 Å². The summed E-state index contributed by atoms with van der Waals surface area (Å²) >= 11 is 0. The average Bonchev–Trinajstić information content (AvgIpc) is 2.53. The van der Waals surface area contributed by atoms with Gasteiger partial charge < -0.3 is 5.32 Å². The van der Waals surface area contributed by atoms with Crippen molar-refractivity contribution in [2.45, 2.75) is 45.1 Å². The van der Waals surface area contributed by atoms with Crippen LogP contribution in [0.15, 0.2) is 12.2 Å². The van der Waals surface area contributed by atoms with Crippen LogP contribution in [-0.2, 0) is 4.79 Å². The number of hydrogen-bond donors (Lipinski definition) is 1. The summed E-state index contributed by atoms with van der Waals surface area (Å²) in [5.74, 6) is 0.215. The molecule has 1 fully saturated rings. The number of nitrogens with one attached hydrogen (secondary N) is 1. The molecular formula is C11H19NO. The largest absolute Gasteiger partial charge is 0.305 e. The minimum atomic E-state index is -0.263. The summed E-state index contributed by atoms with van der Waals surface area (Å²) in [6, 6.07) is 0. The van der Waals surface area contributed by atoms with Crippen LogP contribution in [0, 0.1) is 0 Å². The van der Waals surface area contributed by atoms with E-state index >= 15 is 0 Å². The molecule has 0 bridgehead atoms. The molecule has 1 heterocycles. The van der Waals surface area contributed by atoms with Crippen LogP contribution in [0.2, 0.25) is 0 Å². The highest BCUT2D eigenvalue weighted by molar-refractivity contribution is 6.01. The lowest BCUT2D eigenvalue weighted by atomic mass is 9.84. The lowest BCUT2D eigenvalue weighted by Crippen LogP contribution is -2.47. The third kappa shape index (κ3) is 1.99. The van der Waals surface area contributed by atoms with E-state index in [9.17, 15) is 4.79 Å². The molecule has 1 unspecified atom stereocenters. The van der Waals surface area contributed by atoms with Crippen molar-refractivity contribution in [2.24, 2.45) is 0 Å². The number of hydrogen-bond acceptors (Lipinski definition) is 2. The van der Waals surface area contributed by atoms with Crippen LogP contribution < -0.4 is 5.32 Å². The number of ketones is 1. The Labute approximate surface area is 80.4 Å². The first kappa shape index (κ1) is 10.5. The topological polar surface area (TPSA) is 29.1 Å². The summed E-state index contributed by atoms with van der Waals surface area (Å²) in [6.45, 7) is 8.63. The van der Waals surface area contributed by atoms with E-state index in [-0.39, 0.29) is 11.3 Å². The van der Waals surface area contributed by atoms with Crippen molar-refractivity contribution < 1.29 is 4.79 Å². The molecular weight excluding hydrogens is 162 g/mol. The monoisotopic (exact) mass is 181 g/mol. The highest BCUT2D eigenvalue weighted by Gasteiger charge is 2.39. The van der Waals surface area contributed by atoms with E-state index in [0.717, 1.165) is 32.2 Å². The fourth-order valence-corrected chi connectivity index (χ4v) is 2.16. The molecule has 2 heteroatoms. The van der Waals surface area contributed by atoms with Gasteiger partial charge in [-0.1, -0.05) is 19.9 Å². The van der Waals surface area contributed by atoms with Crippen LogP contribution in [0.3, 0.4) is 0 Å². The highest BCUT2D eigenvalue weighted by atomic mass is 16.1. The minimum absolute atomic E-state index is 0.215. The van der Waals surface area contributed by atoms with Gasteiger partial charge in [0.1, 0.15) is 0 Å². The van der Waals surface area contributed by atoms with Gasteiger partial charge in [0.25, 0.3) is 0 Å². The SMILES string of the molecule is C=C(C)C(=O)C1(CCC)CCCN1. The third-order valence-corrected chi connectivity index (χ3v) is 2.74. The molecule has 0 saturated carbocycles. The maximum atomic E-state index is 11.9. The molecule has 0 radical (unpaired) electrons. The lowest BCUT2D eigenvalue weighted by molar-refractivity contribution is -0.121. The molecule has 0 aromatic heterocycles. The quantitative estimate of drug-likeness (QED) is 0.672. The Morgan fingerprint density at radius 2 is 2.31 bits per heavy atom. The van der Waals surface area contributed by atoms with E-state index in [2.05, 4.69) is 18.8 Å². The zero-order valence-corrected chi connectivity index (χ0v) is 8.65. The molecule has 1 aliphatic heterocycles. The molecule has 1 N–H and O–H groups in total. The van der Waals surface area contributed by atoms with E-state index < -0.39 is 0 Å². The average molecular weight is 181 g/mol. The molecule has 74 valence electrons. The van der Waals surface area contributed by atoms with Crippen molar-refractivity contribution in [1.82, 2.24) is 5.32 Å². The summed E-state index contributed by atoms with van der Waals surface area (Å²) in [6.07, 6.45) is 4.08. The minimum Gasteiger partial charge on any atom is -0.305 e. The third-order valence-electron chi connectivity index (χ3n) is 2.74. The summed E-state index contributed by atoms with van der Waals surface area (Å²) < 4.78 is 0. The Bertz CT molecular complexity index is 214. The van der Waals surface area contributed by atoms with Crippen LogP contribution in [0.4, 0.5) is 0 Å². The number of rotatable bonds is 4. The first-order chi connectivity index (χ1) is 6.12. The maximum absolute atomic E-state index is 11.9. The van der Waals surface area contributed by atoms with Crippen molar-refractivity contribution in [3.05, 3.63) is 12.2 Å². The van der Waals surface area contributed by atoms with Gasteiger partial charge in [0.15, 0.2) is 5.78 Å². The van der Waals surface area contributed by atoms with Gasteiger partial charge in [-0.2, -0.15) is 0 Å². The summed E-state index contributed by atoms with van der Waals surface area (Å²) in [4.78, 5) is 11.9. The van der Waals surface area contributed by atoms with Gasteiger partial charge in [-0.15, -0.1) is 0 Å². The molecule has 0 amide bonds. The predicted octanol–water partition coefficient (Wildman–Crippen LogP) is 2.05. The molecule has 1 rings (SSSR count). The number of Topliss-reactive ketones (excluding diaryl/α,β-unsaturated/α-hetero) is 1. The van der Waals surface area contributed by atoms with Crippen molar-refractivity contribution >= 4 is 5.78 Å². The van der Waals surface area contributed by atoms with Gasteiger partial charge in [-0.05, 0) is 38.3 Å². The lowest BCUT2D eigenvalue weighted by Gasteiger charge is -2.27. The Morgan fingerprint density at radius 1 is 1.62 bits per heavy atom. The van der Waals surface area contributed by atoms with Gasteiger partial charge in [0, 0.05) is 0 Å². The van der Waals surface area contributed by atoms with Crippen molar-refractivity contribution in [3.63, 3.8) is 0 Å². The second kappa shape index (κ2) is 4.05. The van der Waals surface area contributed by atoms with Crippen molar-refractivity contribution in [2.75, 3.05) is 6.54 Å². The van der Waals surface area contributed by atoms with Gasteiger partial charge in [-0.25, -0.2) is 0 Å². The van der Waals surface area contributed by atoms with Gasteiger partial charge in [-0.3, -0.25) is 4.79 Å². The number of carbonyl (C=O) groups excluding carboxylic acids is 1. The van der Waals surface area contributed by atoms with Crippen LogP contribution in [0.1, 0.15) is 39.5 Å². The van der Waals surface area contributed by atoms with Gasteiger partial charge in [0.2, 0.25) is 0 Å². The standard InChI is InChI=1S/C11H19NO/c1-4-6-11(7-5-8-12-11)10(13)9(2)3/h12H,2,4-8H2,1,3H3. The smallest absolute Gasteiger partial charge is 0.177 e. The fraction of sp³-hybridized carbons (Fsp3) is 0.727. The molecule has 0 aromatic carbocycles. The zero-order valence-electron chi connectivity index (χ0n) is 8.65. The molecule has 0 spiro atoms. The van der Waals surface area contributed by atoms with E-state index in [1.54, 1.807) is 6.92 Å². The fourth-order valence-electron chi connectivity index (χ4n) is 2.16. The van der Waals surface area contributed by atoms with Gasteiger partial charge in [0.05, 0.1) is 5.54 Å². The Hall–Kier alpha value is -0.630. The Balaban J connectivity index is 2.77.